The summed E-state index contributed by atoms with van der Waals surface area (Å²) in [4.78, 5) is 16.5. The van der Waals surface area contributed by atoms with Crippen molar-refractivity contribution >= 4 is 22.4 Å². The van der Waals surface area contributed by atoms with Gasteiger partial charge in [0, 0.05) is 55.1 Å². The van der Waals surface area contributed by atoms with E-state index in [4.69, 9.17) is 9.97 Å². The fourth-order valence-corrected chi connectivity index (χ4v) is 4.11. The average molecular weight is 446 g/mol. The van der Waals surface area contributed by atoms with Crippen LogP contribution in [0.2, 0.25) is 0 Å². The highest BCUT2D eigenvalue weighted by atomic mass is 15.1. The van der Waals surface area contributed by atoms with Crippen molar-refractivity contribution in [3.8, 4) is 11.4 Å². The number of aromatic nitrogens is 3. The molecule has 34 heavy (non-hydrogen) atoms. The Hall–Kier alpha value is -4.25. The third-order valence-corrected chi connectivity index (χ3v) is 5.97. The Labute approximate surface area is 200 Å². The first-order valence-electron chi connectivity index (χ1n) is 11.4. The molecule has 0 saturated carbocycles. The number of para-hydroxylation sites is 1. The molecule has 3 aromatic carbocycles. The topological polar surface area (TPSA) is 53.9 Å². The second-order valence-electron chi connectivity index (χ2n) is 8.45. The lowest BCUT2D eigenvalue weighted by atomic mass is 9.95. The monoisotopic (exact) mass is 445 g/mol. The maximum absolute atomic E-state index is 4.95. The molecule has 5 nitrogen and oxygen atoms in total. The summed E-state index contributed by atoms with van der Waals surface area (Å²) < 4.78 is 0. The summed E-state index contributed by atoms with van der Waals surface area (Å²) >= 11 is 0. The maximum Gasteiger partial charge on any atom is 0.162 e. The molecule has 1 unspecified atom stereocenters. The molecule has 0 fully saturated rings. The largest absolute Gasteiger partial charge is 0.378 e. The predicted molar refractivity (Wildman–Crippen MR) is 140 cm³/mol. The average Bonchev–Trinajstić information content (AvgIpc) is 2.90. The summed E-state index contributed by atoms with van der Waals surface area (Å²) in [6.45, 7) is 0.668. The molecule has 0 spiro atoms. The Balaban J connectivity index is 1.51. The molecule has 0 radical (unpaired) electrons. The quantitative estimate of drug-likeness (QED) is 0.333. The van der Waals surface area contributed by atoms with E-state index in [-0.39, 0.29) is 5.92 Å². The zero-order valence-corrected chi connectivity index (χ0v) is 19.4. The minimum Gasteiger partial charge on any atom is -0.378 e. The fourth-order valence-electron chi connectivity index (χ4n) is 4.11. The molecule has 0 aliphatic rings. The third kappa shape index (κ3) is 4.59. The zero-order chi connectivity index (χ0) is 23.3. The van der Waals surface area contributed by atoms with Crippen molar-refractivity contribution in [2.24, 2.45) is 0 Å². The molecule has 0 saturated heterocycles. The standard InChI is InChI=1S/C29H27N5/c1-34(2)23-17-15-22(16-18-23)28-32-27-14-7-6-12-24(27)29(33-28)31-20-25(21-10-4-3-5-11-21)26-13-8-9-19-30-26/h3-19,25H,20H2,1-2H3,(H,31,32,33). The van der Waals surface area contributed by atoms with Gasteiger partial charge in [-0.3, -0.25) is 4.98 Å². The van der Waals surface area contributed by atoms with Crippen molar-refractivity contribution in [1.29, 1.82) is 0 Å². The highest BCUT2D eigenvalue weighted by molar-refractivity contribution is 5.90. The summed E-state index contributed by atoms with van der Waals surface area (Å²) in [7, 11) is 4.07. The smallest absolute Gasteiger partial charge is 0.162 e. The number of hydrogen-bond donors (Lipinski definition) is 1. The Bertz CT molecular complexity index is 1330. The lowest BCUT2D eigenvalue weighted by Gasteiger charge is -2.19. The van der Waals surface area contributed by atoms with Crippen LogP contribution in [0.5, 0.6) is 0 Å². The Morgan fingerprint density at radius 3 is 2.24 bits per heavy atom. The van der Waals surface area contributed by atoms with Gasteiger partial charge in [-0.05, 0) is 54.1 Å². The van der Waals surface area contributed by atoms with E-state index in [0.717, 1.165) is 33.7 Å². The molecule has 2 heterocycles. The summed E-state index contributed by atoms with van der Waals surface area (Å²) in [5, 5.41) is 4.63. The van der Waals surface area contributed by atoms with E-state index in [1.54, 1.807) is 0 Å². The molecular formula is C29H27N5. The molecule has 5 heteroatoms. The van der Waals surface area contributed by atoms with Crippen molar-refractivity contribution in [2.75, 3.05) is 30.9 Å². The van der Waals surface area contributed by atoms with Crippen LogP contribution in [0.1, 0.15) is 17.2 Å². The highest BCUT2D eigenvalue weighted by Crippen LogP contribution is 2.28. The SMILES string of the molecule is CN(C)c1ccc(-c2nc(NCC(c3ccccc3)c3ccccn3)c3ccccc3n2)cc1. The van der Waals surface area contributed by atoms with Gasteiger partial charge in [0.05, 0.1) is 5.52 Å². The van der Waals surface area contributed by atoms with E-state index in [2.05, 4.69) is 75.9 Å². The Morgan fingerprint density at radius 1 is 0.765 bits per heavy atom. The van der Waals surface area contributed by atoms with Gasteiger partial charge in [0.1, 0.15) is 5.82 Å². The molecule has 168 valence electrons. The minimum atomic E-state index is 0.0963. The number of nitrogens with zero attached hydrogens (tertiary/aromatic N) is 4. The van der Waals surface area contributed by atoms with Gasteiger partial charge in [-0.2, -0.15) is 0 Å². The number of anilines is 2. The lowest BCUT2D eigenvalue weighted by molar-refractivity contribution is 0.813. The molecule has 2 aromatic heterocycles. The lowest BCUT2D eigenvalue weighted by Crippen LogP contribution is -2.16. The number of fused-ring (bicyclic) bond motifs is 1. The van der Waals surface area contributed by atoms with Crippen molar-refractivity contribution in [3.05, 3.63) is 115 Å². The van der Waals surface area contributed by atoms with Gasteiger partial charge < -0.3 is 10.2 Å². The van der Waals surface area contributed by atoms with E-state index in [1.165, 1.54) is 5.56 Å². The van der Waals surface area contributed by atoms with Gasteiger partial charge in [0.25, 0.3) is 0 Å². The third-order valence-electron chi connectivity index (χ3n) is 5.97. The van der Waals surface area contributed by atoms with Gasteiger partial charge in [-0.1, -0.05) is 48.5 Å². The Morgan fingerprint density at radius 2 is 1.50 bits per heavy atom. The van der Waals surface area contributed by atoms with Crippen LogP contribution in [0.3, 0.4) is 0 Å². The Kier molecular flexibility index (Phi) is 6.17. The molecule has 5 aromatic rings. The van der Waals surface area contributed by atoms with Crippen LogP contribution in [0.25, 0.3) is 22.3 Å². The zero-order valence-electron chi connectivity index (χ0n) is 19.4. The van der Waals surface area contributed by atoms with Crippen LogP contribution in [0, 0.1) is 0 Å². The van der Waals surface area contributed by atoms with Crippen molar-refractivity contribution in [3.63, 3.8) is 0 Å². The van der Waals surface area contributed by atoms with Crippen LogP contribution in [-0.4, -0.2) is 35.6 Å². The molecule has 5 rings (SSSR count). The highest BCUT2D eigenvalue weighted by Gasteiger charge is 2.17. The number of nitrogens with one attached hydrogen (secondary N) is 1. The first-order valence-corrected chi connectivity index (χ1v) is 11.4. The van der Waals surface area contributed by atoms with E-state index in [0.29, 0.717) is 12.4 Å². The summed E-state index contributed by atoms with van der Waals surface area (Å²) in [5.74, 6) is 1.63. The molecule has 0 bridgehead atoms. The van der Waals surface area contributed by atoms with Crippen LogP contribution in [-0.2, 0) is 0 Å². The van der Waals surface area contributed by atoms with E-state index < -0.39 is 0 Å². The molecule has 0 aliphatic carbocycles. The second kappa shape index (κ2) is 9.71. The van der Waals surface area contributed by atoms with Gasteiger partial charge in [0.2, 0.25) is 0 Å². The first kappa shape index (κ1) is 21.6. The van der Waals surface area contributed by atoms with Gasteiger partial charge in [-0.25, -0.2) is 9.97 Å². The number of benzene rings is 3. The van der Waals surface area contributed by atoms with E-state index >= 15 is 0 Å². The predicted octanol–water partition coefficient (Wildman–Crippen LogP) is 6.00. The van der Waals surface area contributed by atoms with E-state index in [9.17, 15) is 0 Å². The molecule has 1 N–H and O–H groups in total. The van der Waals surface area contributed by atoms with Crippen LogP contribution >= 0.6 is 0 Å². The van der Waals surface area contributed by atoms with Crippen LogP contribution < -0.4 is 10.2 Å². The van der Waals surface area contributed by atoms with Crippen LogP contribution in [0.4, 0.5) is 11.5 Å². The fraction of sp³-hybridized carbons (Fsp3) is 0.138. The summed E-state index contributed by atoms with van der Waals surface area (Å²) in [6, 6.07) is 33.0. The van der Waals surface area contributed by atoms with Gasteiger partial charge in [0.15, 0.2) is 5.82 Å². The number of rotatable bonds is 7. The number of hydrogen-bond acceptors (Lipinski definition) is 5. The van der Waals surface area contributed by atoms with Crippen molar-refractivity contribution in [1.82, 2.24) is 15.0 Å². The molecule has 0 aliphatic heterocycles. The maximum atomic E-state index is 4.95. The molecule has 1 atom stereocenters. The van der Waals surface area contributed by atoms with Crippen molar-refractivity contribution in [2.45, 2.75) is 5.92 Å². The number of pyridine rings is 1. The minimum absolute atomic E-state index is 0.0963. The van der Waals surface area contributed by atoms with Gasteiger partial charge in [-0.15, -0.1) is 0 Å². The van der Waals surface area contributed by atoms with Crippen molar-refractivity contribution < 1.29 is 0 Å². The second-order valence-corrected chi connectivity index (χ2v) is 8.45. The van der Waals surface area contributed by atoms with Crippen LogP contribution in [0.15, 0.2) is 103 Å². The summed E-state index contributed by atoms with van der Waals surface area (Å²) in [6.07, 6.45) is 1.85. The normalized spacial score (nSPS) is 11.8. The van der Waals surface area contributed by atoms with E-state index in [1.807, 2.05) is 56.7 Å². The first-order chi connectivity index (χ1) is 16.7. The molecular weight excluding hydrogens is 418 g/mol. The summed E-state index contributed by atoms with van der Waals surface area (Å²) in [5.41, 5.74) is 5.29. The molecule has 0 amide bonds. The van der Waals surface area contributed by atoms with Gasteiger partial charge >= 0.3 is 0 Å².